The number of thiophene rings is 1. The van der Waals surface area contributed by atoms with Gasteiger partial charge in [-0.1, -0.05) is 41.9 Å². The molecule has 0 aliphatic carbocycles. The van der Waals surface area contributed by atoms with E-state index in [0.717, 1.165) is 17.9 Å². The fourth-order valence-corrected chi connectivity index (χ4v) is 7.18. The minimum Gasteiger partial charge on any atom is -0.343 e. The molecule has 2 aromatic heterocycles. The Morgan fingerprint density at radius 3 is 2.47 bits per heavy atom. The summed E-state index contributed by atoms with van der Waals surface area (Å²) in [6.07, 6.45) is 1.41. The van der Waals surface area contributed by atoms with Crippen LogP contribution < -0.4 is 0 Å². The summed E-state index contributed by atoms with van der Waals surface area (Å²) in [5.41, 5.74) is 3.14. The second kappa shape index (κ2) is 10.1. The zero-order valence-corrected chi connectivity index (χ0v) is 21.7. The summed E-state index contributed by atoms with van der Waals surface area (Å²) in [6, 6.07) is 12.9. The highest BCUT2D eigenvalue weighted by Crippen LogP contribution is 2.32. The number of hydrogen-bond acceptors (Lipinski definition) is 4. The number of amides is 1. The molecule has 1 atom stereocenters. The fraction of sp³-hybridized carbons (Fsp3) is 0.320. The van der Waals surface area contributed by atoms with Crippen LogP contribution in [-0.4, -0.2) is 54.3 Å². The normalized spacial score (nSPS) is 15.9. The van der Waals surface area contributed by atoms with Crippen LogP contribution in [0.1, 0.15) is 37.4 Å². The van der Waals surface area contributed by atoms with Crippen LogP contribution in [0.15, 0.2) is 60.5 Å². The number of rotatable bonds is 7. The van der Waals surface area contributed by atoms with Crippen molar-refractivity contribution in [1.82, 2.24) is 13.8 Å². The number of benzene rings is 1. The van der Waals surface area contributed by atoms with E-state index in [1.165, 1.54) is 15.3 Å². The lowest BCUT2D eigenvalue weighted by Gasteiger charge is -2.35. The first-order valence-electron chi connectivity index (χ1n) is 11.1. The molecule has 1 aliphatic rings. The number of nitrogens with zero attached hydrogens (tertiary/aromatic N) is 3. The van der Waals surface area contributed by atoms with Crippen molar-refractivity contribution < 1.29 is 13.2 Å². The molecule has 0 saturated carbocycles. The maximum absolute atomic E-state index is 13.4. The molecule has 34 heavy (non-hydrogen) atoms. The largest absolute Gasteiger partial charge is 0.343 e. The van der Waals surface area contributed by atoms with E-state index in [0.29, 0.717) is 29.2 Å². The Kier molecular flexibility index (Phi) is 7.33. The number of piperazine rings is 1. The molecule has 0 spiro atoms. The van der Waals surface area contributed by atoms with Gasteiger partial charge in [0.1, 0.15) is 5.25 Å². The topological polar surface area (TPSA) is 62.6 Å². The van der Waals surface area contributed by atoms with E-state index in [4.69, 9.17) is 11.6 Å². The Hall–Kier alpha value is -2.39. The lowest BCUT2D eigenvalue weighted by Crippen LogP contribution is -2.51. The van der Waals surface area contributed by atoms with Crippen molar-refractivity contribution in [2.75, 3.05) is 26.2 Å². The molecule has 1 aliphatic heterocycles. The Balaban J connectivity index is 1.47. The summed E-state index contributed by atoms with van der Waals surface area (Å²) in [4.78, 5) is 16.3. The highest BCUT2D eigenvalue weighted by molar-refractivity contribution is 7.89. The molecule has 0 bridgehead atoms. The zero-order chi connectivity index (χ0) is 24.5. The number of halogens is 1. The lowest BCUT2D eigenvalue weighted by molar-refractivity contribution is 0.0696. The van der Waals surface area contributed by atoms with E-state index >= 15 is 0 Å². The van der Waals surface area contributed by atoms with Crippen LogP contribution in [0.3, 0.4) is 0 Å². The van der Waals surface area contributed by atoms with Gasteiger partial charge >= 0.3 is 0 Å². The van der Waals surface area contributed by atoms with Crippen molar-refractivity contribution in [3.63, 3.8) is 0 Å². The molecule has 1 amide bonds. The summed E-state index contributed by atoms with van der Waals surface area (Å²) in [5.74, 6) is -0.0612. The van der Waals surface area contributed by atoms with E-state index < -0.39 is 15.3 Å². The van der Waals surface area contributed by atoms with Crippen LogP contribution in [0.2, 0.25) is 5.02 Å². The number of aryl methyl sites for hydroxylation is 1. The van der Waals surface area contributed by atoms with Gasteiger partial charge in [-0.05, 0) is 43.0 Å². The molecule has 1 saturated heterocycles. The monoisotopic (exact) mass is 517 g/mol. The molecular weight excluding hydrogens is 490 g/mol. The minimum absolute atomic E-state index is 0.0612. The van der Waals surface area contributed by atoms with E-state index in [1.54, 1.807) is 40.5 Å². The summed E-state index contributed by atoms with van der Waals surface area (Å²) in [5, 5.41) is 1.51. The fourth-order valence-electron chi connectivity index (χ4n) is 4.41. The van der Waals surface area contributed by atoms with Gasteiger partial charge in [-0.15, -0.1) is 17.9 Å². The molecule has 0 radical (unpaired) electrons. The van der Waals surface area contributed by atoms with Gasteiger partial charge in [0.2, 0.25) is 10.0 Å². The van der Waals surface area contributed by atoms with Crippen LogP contribution in [0.5, 0.6) is 0 Å². The van der Waals surface area contributed by atoms with Crippen molar-refractivity contribution in [2.45, 2.75) is 25.6 Å². The van der Waals surface area contributed by atoms with Gasteiger partial charge in [0.25, 0.3) is 5.91 Å². The smallest absolute Gasteiger partial charge is 0.255 e. The minimum atomic E-state index is -3.71. The molecule has 1 unspecified atom stereocenters. The van der Waals surface area contributed by atoms with Gasteiger partial charge in [0.05, 0.1) is 12.1 Å². The molecule has 9 heteroatoms. The number of sulfonamides is 1. The number of aromatic nitrogens is 1. The first-order chi connectivity index (χ1) is 16.2. The first-order valence-corrected chi connectivity index (χ1v) is 13.8. The maximum Gasteiger partial charge on any atom is 0.255 e. The molecule has 3 aromatic rings. The van der Waals surface area contributed by atoms with Gasteiger partial charge < -0.3 is 9.47 Å². The van der Waals surface area contributed by atoms with Gasteiger partial charge in [0, 0.05) is 47.5 Å². The van der Waals surface area contributed by atoms with Crippen LogP contribution in [0.25, 0.3) is 0 Å². The molecule has 6 nitrogen and oxygen atoms in total. The SMILES string of the molecule is C=CC(c1ccccc1Cl)S(=O)(=O)N1CCN(C(=O)c2cc(C)n(Cc3cccs3)c2C)CC1. The molecule has 1 fully saturated rings. The highest BCUT2D eigenvalue weighted by Gasteiger charge is 2.36. The number of hydrogen-bond donors (Lipinski definition) is 0. The molecule has 180 valence electrons. The first kappa shape index (κ1) is 24.7. The molecule has 3 heterocycles. The molecule has 0 N–H and O–H groups in total. The molecular formula is C25H28ClN3O3S2. The van der Waals surface area contributed by atoms with Crippen LogP contribution in [0, 0.1) is 13.8 Å². The maximum atomic E-state index is 13.4. The number of carbonyl (C=O) groups is 1. The third kappa shape index (κ3) is 4.73. The lowest BCUT2D eigenvalue weighted by atomic mass is 10.1. The van der Waals surface area contributed by atoms with Gasteiger partial charge in [-0.25, -0.2) is 8.42 Å². The van der Waals surface area contributed by atoms with Crippen LogP contribution in [0.4, 0.5) is 0 Å². The average Bonchev–Trinajstić information content (AvgIpc) is 3.44. The predicted octanol–water partition coefficient (Wildman–Crippen LogP) is 4.88. The predicted molar refractivity (Wildman–Crippen MR) is 138 cm³/mol. The van der Waals surface area contributed by atoms with Crippen molar-refractivity contribution in [2.24, 2.45) is 0 Å². The Morgan fingerprint density at radius 2 is 1.85 bits per heavy atom. The van der Waals surface area contributed by atoms with E-state index in [9.17, 15) is 13.2 Å². The summed E-state index contributed by atoms with van der Waals surface area (Å²) in [6.45, 7) is 9.58. The Morgan fingerprint density at radius 1 is 1.15 bits per heavy atom. The molecule has 1 aromatic carbocycles. The third-order valence-electron chi connectivity index (χ3n) is 6.33. The standard InChI is InChI=1S/C25H28ClN3O3S2/c1-4-24(21-9-5-6-10-23(21)26)34(31,32)28-13-11-27(12-14-28)25(30)22-16-18(2)29(19(22)3)17-20-8-7-15-33-20/h4-10,15-16,24H,1,11-14,17H2,2-3H3. The second-order valence-corrected chi connectivity index (χ2v) is 11.9. The van der Waals surface area contributed by atoms with Crippen molar-refractivity contribution in [3.05, 3.63) is 92.9 Å². The summed E-state index contributed by atoms with van der Waals surface area (Å²) >= 11 is 7.96. The third-order valence-corrected chi connectivity index (χ3v) is 9.71. The second-order valence-electron chi connectivity index (χ2n) is 8.36. The van der Waals surface area contributed by atoms with Crippen molar-refractivity contribution in [3.8, 4) is 0 Å². The summed E-state index contributed by atoms with van der Waals surface area (Å²) < 4.78 is 30.3. The van der Waals surface area contributed by atoms with Crippen molar-refractivity contribution >= 4 is 38.9 Å². The van der Waals surface area contributed by atoms with E-state index in [-0.39, 0.29) is 19.0 Å². The number of carbonyl (C=O) groups excluding carboxylic acids is 1. The highest BCUT2D eigenvalue weighted by atomic mass is 35.5. The van der Waals surface area contributed by atoms with Gasteiger partial charge in [-0.3, -0.25) is 4.79 Å². The van der Waals surface area contributed by atoms with E-state index in [1.807, 2.05) is 31.4 Å². The van der Waals surface area contributed by atoms with Crippen LogP contribution in [-0.2, 0) is 16.6 Å². The van der Waals surface area contributed by atoms with Gasteiger partial charge in [-0.2, -0.15) is 4.31 Å². The summed E-state index contributed by atoms with van der Waals surface area (Å²) in [7, 11) is -3.71. The average molecular weight is 518 g/mol. The Bertz CT molecular complexity index is 1290. The molecule has 4 rings (SSSR count). The Labute approximate surface area is 210 Å². The van der Waals surface area contributed by atoms with Crippen LogP contribution >= 0.6 is 22.9 Å². The van der Waals surface area contributed by atoms with Crippen molar-refractivity contribution in [1.29, 1.82) is 0 Å². The quantitative estimate of drug-likeness (QED) is 0.419. The zero-order valence-electron chi connectivity index (χ0n) is 19.3. The van der Waals surface area contributed by atoms with Gasteiger partial charge in [0.15, 0.2) is 0 Å². The van der Waals surface area contributed by atoms with E-state index in [2.05, 4.69) is 17.2 Å².